The maximum Gasteiger partial charge on any atom is 0.132 e. The van der Waals surface area contributed by atoms with Gasteiger partial charge in [-0.15, -0.1) is 0 Å². The van der Waals surface area contributed by atoms with Crippen molar-refractivity contribution in [2.75, 3.05) is 27.2 Å². The zero-order valence-corrected chi connectivity index (χ0v) is 14.1. The van der Waals surface area contributed by atoms with Crippen molar-refractivity contribution in [3.05, 3.63) is 0 Å². The van der Waals surface area contributed by atoms with Gasteiger partial charge in [0.1, 0.15) is 5.78 Å². The van der Waals surface area contributed by atoms with Crippen LogP contribution in [0.25, 0.3) is 0 Å². The Morgan fingerprint density at radius 3 is 2.32 bits per heavy atom. The molecule has 1 saturated heterocycles. The summed E-state index contributed by atoms with van der Waals surface area (Å²) in [7, 11) is 4.22. The molecule has 3 heteroatoms. The number of likely N-dealkylation sites (tertiary alicyclic amines) is 1. The molecule has 1 atom stereocenters. The van der Waals surface area contributed by atoms with Gasteiger partial charge in [-0.3, -0.25) is 4.79 Å². The predicted octanol–water partition coefficient (Wildman–Crippen LogP) is 3.48. The Kier molecular flexibility index (Phi) is 17.2. The minimum absolute atomic E-state index is 0.395. The Labute approximate surface area is 121 Å². The van der Waals surface area contributed by atoms with Gasteiger partial charge < -0.3 is 10.2 Å². The van der Waals surface area contributed by atoms with Crippen LogP contribution in [0.4, 0.5) is 0 Å². The highest BCUT2D eigenvalue weighted by molar-refractivity contribution is 5.77. The second-order valence-electron chi connectivity index (χ2n) is 4.83. The van der Waals surface area contributed by atoms with Crippen molar-refractivity contribution in [1.82, 2.24) is 10.2 Å². The lowest BCUT2D eigenvalue weighted by Gasteiger charge is -2.18. The number of unbranched alkanes of at least 4 members (excludes halogenated alkanes) is 1. The van der Waals surface area contributed by atoms with Crippen LogP contribution >= 0.6 is 0 Å². The number of carbonyl (C=O) groups excluding carboxylic acids is 1. The molecule has 0 aromatic heterocycles. The summed E-state index contributed by atoms with van der Waals surface area (Å²) in [4.78, 5) is 13.0. The van der Waals surface area contributed by atoms with Crippen LogP contribution in [0.15, 0.2) is 0 Å². The zero-order valence-electron chi connectivity index (χ0n) is 14.1. The Balaban J connectivity index is 0. The van der Waals surface area contributed by atoms with Gasteiger partial charge in [0, 0.05) is 25.4 Å². The maximum atomic E-state index is 10.6. The van der Waals surface area contributed by atoms with E-state index >= 15 is 0 Å². The lowest BCUT2D eigenvalue weighted by molar-refractivity contribution is -0.118. The number of nitrogens with zero attached hydrogens (tertiary/aromatic N) is 1. The number of rotatable bonds is 6. The van der Waals surface area contributed by atoms with Crippen LogP contribution in [0, 0.1) is 0 Å². The molecule has 1 N–H and O–H groups in total. The highest BCUT2D eigenvalue weighted by Gasteiger charge is 2.18. The molecule has 0 saturated carbocycles. The largest absolute Gasteiger partial charge is 0.318 e. The van der Waals surface area contributed by atoms with E-state index in [-0.39, 0.29) is 0 Å². The second kappa shape index (κ2) is 15.6. The summed E-state index contributed by atoms with van der Waals surface area (Å²) in [6, 6.07) is 0.801. The first-order valence-corrected chi connectivity index (χ1v) is 8.02. The minimum Gasteiger partial charge on any atom is -0.318 e. The van der Waals surface area contributed by atoms with Crippen molar-refractivity contribution in [2.24, 2.45) is 0 Å². The lowest BCUT2D eigenvalue weighted by atomic mass is 10.1. The topological polar surface area (TPSA) is 32.3 Å². The average molecular weight is 272 g/mol. The Morgan fingerprint density at radius 1 is 1.32 bits per heavy atom. The number of hydrogen-bond donors (Lipinski definition) is 1. The fraction of sp³-hybridized carbons (Fsp3) is 0.938. The van der Waals surface area contributed by atoms with Crippen molar-refractivity contribution >= 4 is 5.78 Å². The fourth-order valence-corrected chi connectivity index (χ4v) is 2.02. The van der Waals surface area contributed by atoms with E-state index in [4.69, 9.17) is 0 Å². The minimum atomic E-state index is 0.395. The van der Waals surface area contributed by atoms with Gasteiger partial charge in [0.15, 0.2) is 0 Å². The third-order valence-electron chi connectivity index (χ3n) is 3.31. The number of likely N-dealkylation sites (N-methyl/N-ethyl adjacent to an activating group) is 2. The monoisotopic (exact) mass is 272 g/mol. The molecule has 0 amide bonds. The molecule has 0 aromatic carbocycles. The van der Waals surface area contributed by atoms with E-state index < -0.39 is 0 Å². The number of Topliss-reactive ketones (excluding diaryl/α,β-unsaturated/α-hetero) is 1. The standard InChI is InChI=1S/C7H16N2.C7H14O.C2H6/c1-8-6-7-4-3-5-9(7)2;1-3-5-6-7(8)4-2;1-2/h7-8H,3-6H2,1-2H3;3-6H2,1-2H3;1-2H3. The van der Waals surface area contributed by atoms with E-state index in [1.807, 2.05) is 27.8 Å². The van der Waals surface area contributed by atoms with E-state index in [2.05, 4.69) is 24.2 Å². The highest BCUT2D eigenvalue weighted by Crippen LogP contribution is 2.12. The van der Waals surface area contributed by atoms with Crippen molar-refractivity contribution in [2.45, 2.75) is 72.3 Å². The SMILES string of the molecule is CC.CCCCC(=O)CC.CNCC1CCCN1C. The van der Waals surface area contributed by atoms with E-state index in [9.17, 15) is 4.79 Å². The average Bonchev–Trinajstić information content (AvgIpc) is 2.85. The first kappa shape index (κ1) is 20.9. The molecule has 0 aromatic rings. The van der Waals surface area contributed by atoms with E-state index in [0.717, 1.165) is 31.8 Å². The van der Waals surface area contributed by atoms with Crippen LogP contribution in [0.3, 0.4) is 0 Å². The lowest BCUT2D eigenvalue weighted by Crippen LogP contribution is -2.33. The van der Waals surface area contributed by atoms with Gasteiger partial charge in [-0.1, -0.05) is 34.1 Å². The number of carbonyl (C=O) groups is 1. The summed E-state index contributed by atoms with van der Waals surface area (Å²) in [6.45, 7) is 10.4. The third kappa shape index (κ3) is 12.4. The molecule has 1 aliphatic rings. The Morgan fingerprint density at radius 2 is 1.95 bits per heavy atom. The van der Waals surface area contributed by atoms with Gasteiger partial charge in [-0.25, -0.2) is 0 Å². The summed E-state index contributed by atoms with van der Waals surface area (Å²) in [5, 5.41) is 3.20. The molecule has 19 heavy (non-hydrogen) atoms. The van der Waals surface area contributed by atoms with Crippen LogP contribution < -0.4 is 5.32 Å². The molecule has 1 fully saturated rings. The third-order valence-corrected chi connectivity index (χ3v) is 3.31. The highest BCUT2D eigenvalue weighted by atomic mass is 16.1. The fourth-order valence-electron chi connectivity index (χ4n) is 2.02. The van der Waals surface area contributed by atoms with Crippen LogP contribution in [0.1, 0.15) is 66.2 Å². The Bertz CT molecular complexity index is 195. The zero-order chi connectivity index (χ0) is 15.1. The molecule has 116 valence electrons. The van der Waals surface area contributed by atoms with Crippen LogP contribution in [0.2, 0.25) is 0 Å². The van der Waals surface area contributed by atoms with Gasteiger partial charge in [-0.2, -0.15) is 0 Å². The molecular weight excluding hydrogens is 236 g/mol. The second-order valence-corrected chi connectivity index (χ2v) is 4.83. The quantitative estimate of drug-likeness (QED) is 0.803. The van der Waals surface area contributed by atoms with Gasteiger partial charge in [-0.05, 0) is 39.9 Å². The van der Waals surface area contributed by atoms with Gasteiger partial charge in [0.2, 0.25) is 0 Å². The van der Waals surface area contributed by atoms with Crippen molar-refractivity contribution in [3.63, 3.8) is 0 Å². The molecule has 1 rings (SSSR count). The molecular formula is C16H36N2O. The predicted molar refractivity (Wildman–Crippen MR) is 85.7 cm³/mol. The smallest absolute Gasteiger partial charge is 0.132 e. The van der Waals surface area contributed by atoms with E-state index in [1.165, 1.54) is 19.4 Å². The molecule has 1 aliphatic heterocycles. The molecule has 0 bridgehead atoms. The number of nitrogens with one attached hydrogen (secondary N) is 1. The summed E-state index contributed by atoms with van der Waals surface area (Å²) >= 11 is 0. The van der Waals surface area contributed by atoms with Gasteiger partial charge >= 0.3 is 0 Å². The maximum absolute atomic E-state index is 10.6. The van der Waals surface area contributed by atoms with Crippen molar-refractivity contribution < 1.29 is 4.79 Å². The number of hydrogen-bond acceptors (Lipinski definition) is 3. The molecule has 0 radical (unpaired) electrons. The van der Waals surface area contributed by atoms with Crippen molar-refractivity contribution in [1.29, 1.82) is 0 Å². The first-order valence-electron chi connectivity index (χ1n) is 8.02. The summed E-state index contributed by atoms with van der Waals surface area (Å²) < 4.78 is 0. The van der Waals surface area contributed by atoms with E-state index in [0.29, 0.717) is 12.2 Å². The summed E-state index contributed by atoms with van der Waals surface area (Å²) in [5.41, 5.74) is 0. The van der Waals surface area contributed by atoms with Gasteiger partial charge in [0.25, 0.3) is 0 Å². The van der Waals surface area contributed by atoms with Crippen LogP contribution in [-0.2, 0) is 4.79 Å². The van der Waals surface area contributed by atoms with Gasteiger partial charge in [0.05, 0.1) is 0 Å². The van der Waals surface area contributed by atoms with Crippen LogP contribution in [-0.4, -0.2) is 43.9 Å². The molecule has 1 unspecified atom stereocenters. The molecule has 0 aliphatic carbocycles. The number of ketones is 1. The molecule has 1 heterocycles. The normalized spacial score (nSPS) is 18.1. The molecule has 0 spiro atoms. The summed E-state index contributed by atoms with van der Waals surface area (Å²) in [6.07, 6.45) is 6.44. The molecule has 3 nitrogen and oxygen atoms in total. The van der Waals surface area contributed by atoms with Crippen LogP contribution in [0.5, 0.6) is 0 Å². The summed E-state index contributed by atoms with van der Waals surface area (Å²) in [5.74, 6) is 0.395. The van der Waals surface area contributed by atoms with E-state index in [1.54, 1.807) is 0 Å². The van der Waals surface area contributed by atoms with Crippen molar-refractivity contribution in [3.8, 4) is 0 Å². The first-order chi connectivity index (χ1) is 9.15. The Hall–Kier alpha value is -0.410.